The number of hydrogen-bond acceptors (Lipinski definition) is 4. The maximum absolute atomic E-state index is 13.4. The van der Waals surface area contributed by atoms with Gasteiger partial charge in [0.2, 0.25) is 11.7 Å². The van der Waals surface area contributed by atoms with Crippen LogP contribution in [0.4, 0.5) is 0 Å². The summed E-state index contributed by atoms with van der Waals surface area (Å²) in [5.41, 5.74) is 4.10. The Kier molecular flexibility index (Phi) is 6.92. The van der Waals surface area contributed by atoms with Crippen molar-refractivity contribution in [3.63, 3.8) is 0 Å². The van der Waals surface area contributed by atoms with Gasteiger partial charge in [0.05, 0.1) is 11.6 Å². The van der Waals surface area contributed by atoms with Crippen LogP contribution in [0.1, 0.15) is 48.5 Å². The fourth-order valence-corrected chi connectivity index (χ4v) is 4.38. The third-order valence-electron chi connectivity index (χ3n) is 6.31. The minimum absolute atomic E-state index is 0.0936. The number of likely N-dealkylation sites (N-methyl/N-ethyl adjacent to an activating group) is 1. The molecule has 172 valence electrons. The van der Waals surface area contributed by atoms with Crippen molar-refractivity contribution < 1.29 is 14.1 Å². The lowest BCUT2D eigenvalue weighted by Gasteiger charge is -2.24. The minimum Gasteiger partial charge on any atom is -0.351 e. The predicted octanol–water partition coefficient (Wildman–Crippen LogP) is 4.63. The summed E-state index contributed by atoms with van der Waals surface area (Å²) in [4.78, 5) is 30.2. The number of nitrogens with zero attached hydrogens (tertiary/aromatic N) is 3. The van der Waals surface area contributed by atoms with E-state index in [1.807, 2.05) is 56.0 Å². The molecule has 0 spiro atoms. The zero-order chi connectivity index (χ0) is 23.4. The molecule has 6 nitrogen and oxygen atoms in total. The second-order valence-corrected chi connectivity index (χ2v) is 8.86. The van der Waals surface area contributed by atoms with E-state index in [-0.39, 0.29) is 29.4 Å². The Morgan fingerprint density at radius 3 is 2.52 bits per heavy atom. The fraction of sp³-hybridized carbons (Fsp3) is 0.370. The first kappa shape index (κ1) is 22.8. The molecule has 3 aromatic rings. The van der Waals surface area contributed by atoms with Crippen molar-refractivity contribution in [1.29, 1.82) is 0 Å². The standard InChI is InChI=1S/C27H31N3O3/c1-4-29-14-15-30(27(32)25-17-24(19(2)3)28-33-25)18-22(26(29)31)16-21-12-8-9-13-23(21)20-10-6-5-7-11-20/h5-13,17,19,22H,4,14-16,18H2,1-3H3. The summed E-state index contributed by atoms with van der Waals surface area (Å²) in [6, 6.07) is 20.1. The molecule has 1 aliphatic rings. The molecule has 0 N–H and O–H groups in total. The zero-order valence-electron chi connectivity index (χ0n) is 19.5. The van der Waals surface area contributed by atoms with Crippen LogP contribution in [0.3, 0.4) is 0 Å². The van der Waals surface area contributed by atoms with E-state index in [1.54, 1.807) is 11.0 Å². The Labute approximate surface area is 195 Å². The van der Waals surface area contributed by atoms with E-state index in [1.165, 1.54) is 0 Å². The second kappa shape index (κ2) is 10.0. The highest BCUT2D eigenvalue weighted by Crippen LogP contribution is 2.27. The van der Waals surface area contributed by atoms with Gasteiger partial charge in [-0.05, 0) is 36.0 Å². The molecule has 6 heteroatoms. The first-order valence-electron chi connectivity index (χ1n) is 11.7. The number of carbonyl (C=O) groups excluding carboxylic acids is 2. The first-order valence-corrected chi connectivity index (χ1v) is 11.7. The number of rotatable bonds is 6. The monoisotopic (exact) mass is 445 g/mol. The Morgan fingerprint density at radius 2 is 1.82 bits per heavy atom. The fourth-order valence-electron chi connectivity index (χ4n) is 4.38. The van der Waals surface area contributed by atoms with E-state index in [0.717, 1.165) is 22.4 Å². The van der Waals surface area contributed by atoms with Crippen LogP contribution in [0.15, 0.2) is 65.2 Å². The zero-order valence-corrected chi connectivity index (χ0v) is 19.5. The van der Waals surface area contributed by atoms with Crippen LogP contribution in [0.25, 0.3) is 11.1 Å². The van der Waals surface area contributed by atoms with Crippen LogP contribution in [-0.2, 0) is 11.2 Å². The normalized spacial score (nSPS) is 16.8. The third-order valence-corrected chi connectivity index (χ3v) is 6.31. The molecule has 1 unspecified atom stereocenters. The van der Waals surface area contributed by atoms with Gasteiger partial charge in [-0.2, -0.15) is 0 Å². The van der Waals surface area contributed by atoms with Crippen LogP contribution in [0.5, 0.6) is 0 Å². The Morgan fingerprint density at radius 1 is 1.09 bits per heavy atom. The van der Waals surface area contributed by atoms with Gasteiger partial charge >= 0.3 is 0 Å². The van der Waals surface area contributed by atoms with Gasteiger partial charge in [0.25, 0.3) is 5.91 Å². The average Bonchev–Trinajstić information content (AvgIpc) is 3.28. The van der Waals surface area contributed by atoms with Crippen molar-refractivity contribution in [3.05, 3.63) is 77.7 Å². The lowest BCUT2D eigenvalue weighted by atomic mass is 9.91. The second-order valence-electron chi connectivity index (χ2n) is 8.86. The molecular weight excluding hydrogens is 414 g/mol. The van der Waals surface area contributed by atoms with E-state index in [0.29, 0.717) is 32.6 Å². The summed E-state index contributed by atoms with van der Waals surface area (Å²) in [7, 11) is 0. The van der Waals surface area contributed by atoms with E-state index >= 15 is 0 Å². The summed E-state index contributed by atoms with van der Waals surface area (Å²) < 4.78 is 5.35. The maximum Gasteiger partial charge on any atom is 0.292 e. The molecule has 4 rings (SSSR count). The Hall–Kier alpha value is -3.41. The summed E-state index contributed by atoms with van der Waals surface area (Å²) in [6.07, 6.45) is 0.567. The van der Waals surface area contributed by atoms with Gasteiger partial charge in [0.15, 0.2) is 0 Å². The summed E-state index contributed by atoms with van der Waals surface area (Å²) in [5.74, 6) is -0.0234. The maximum atomic E-state index is 13.4. The van der Waals surface area contributed by atoms with Crippen molar-refractivity contribution in [2.75, 3.05) is 26.2 Å². The van der Waals surface area contributed by atoms with E-state index in [2.05, 4.69) is 29.4 Å². The lowest BCUT2D eigenvalue weighted by Crippen LogP contribution is -2.38. The highest BCUT2D eigenvalue weighted by molar-refractivity contribution is 5.92. The van der Waals surface area contributed by atoms with Gasteiger partial charge in [0.1, 0.15) is 0 Å². The average molecular weight is 446 g/mol. The Bertz CT molecular complexity index is 1110. The molecule has 1 fully saturated rings. The largest absolute Gasteiger partial charge is 0.351 e. The number of hydrogen-bond donors (Lipinski definition) is 0. The highest BCUT2D eigenvalue weighted by atomic mass is 16.5. The molecule has 0 radical (unpaired) electrons. The van der Waals surface area contributed by atoms with Crippen molar-refractivity contribution in [3.8, 4) is 11.1 Å². The SMILES string of the molecule is CCN1CCN(C(=O)c2cc(C(C)C)no2)CC(Cc2ccccc2-c2ccccc2)C1=O. The number of amides is 2. The van der Waals surface area contributed by atoms with Crippen LogP contribution in [0, 0.1) is 5.92 Å². The molecule has 2 amide bonds. The highest BCUT2D eigenvalue weighted by Gasteiger charge is 2.33. The topological polar surface area (TPSA) is 66.7 Å². The van der Waals surface area contributed by atoms with Crippen molar-refractivity contribution in [2.45, 2.75) is 33.1 Å². The summed E-state index contributed by atoms with van der Waals surface area (Å²) in [5, 5.41) is 4.03. The van der Waals surface area contributed by atoms with Gasteiger partial charge in [-0.3, -0.25) is 9.59 Å². The minimum atomic E-state index is -0.325. The number of carbonyl (C=O) groups is 2. The van der Waals surface area contributed by atoms with E-state index < -0.39 is 0 Å². The molecule has 33 heavy (non-hydrogen) atoms. The molecule has 0 aliphatic carbocycles. The molecule has 1 atom stereocenters. The predicted molar refractivity (Wildman–Crippen MR) is 128 cm³/mol. The first-order chi connectivity index (χ1) is 16.0. The molecule has 1 saturated heterocycles. The summed E-state index contributed by atoms with van der Waals surface area (Å²) >= 11 is 0. The third kappa shape index (κ3) is 5.00. The van der Waals surface area contributed by atoms with Crippen molar-refractivity contribution in [2.24, 2.45) is 5.92 Å². The smallest absolute Gasteiger partial charge is 0.292 e. The lowest BCUT2D eigenvalue weighted by molar-refractivity contribution is -0.134. The molecule has 2 aromatic carbocycles. The number of benzene rings is 2. The van der Waals surface area contributed by atoms with Crippen molar-refractivity contribution >= 4 is 11.8 Å². The van der Waals surface area contributed by atoms with Gasteiger partial charge in [-0.25, -0.2) is 0 Å². The number of aromatic nitrogens is 1. The van der Waals surface area contributed by atoms with E-state index in [4.69, 9.17) is 4.52 Å². The molecule has 0 bridgehead atoms. The van der Waals surface area contributed by atoms with Crippen LogP contribution >= 0.6 is 0 Å². The van der Waals surface area contributed by atoms with Gasteiger partial charge in [-0.1, -0.05) is 73.6 Å². The van der Waals surface area contributed by atoms with Gasteiger partial charge < -0.3 is 14.3 Å². The van der Waals surface area contributed by atoms with Crippen LogP contribution in [-0.4, -0.2) is 52.9 Å². The van der Waals surface area contributed by atoms with Gasteiger partial charge in [0, 0.05) is 32.2 Å². The van der Waals surface area contributed by atoms with Crippen LogP contribution in [0.2, 0.25) is 0 Å². The van der Waals surface area contributed by atoms with E-state index in [9.17, 15) is 9.59 Å². The molecular formula is C27H31N3O3. The molecule has 1 aromatic heterocycles. The quantitative estimate of drug-likeness (QED) is 0.555. The Balaban J connectivity index is 1.61. The van der Waals surface area contributed by atoms with Crippen LogP contribution < -0.4 is 0 Å². The summed E-state index contributed by atoms with van der Waals surface area (Å²) in [6.45, 7) is 7.98. The molecule has 0 saturated carbocycles. The molecule has 2 heterocycles. The van der Waals surface area contributed by atoms with Gasteiger partial charge in [-0.15, -0.1) is 0 Å². The van der Waals surface area contributed by atoms with Crippen molar-refractivity contribution in [1.82, 2.24) is 15.0 Å². The molecule has 1 aliphatic heterocycles.